The summed E-state index contributed by atoms with van der Waals surface area (Å²) in [4.78, 5) is 50.2. The Morgan fingerprint density at radius 2 is 1.85 bits per heavy atom. The number of hydrogen-bond acceptors (Lipinski definition) is 6. The quantitative estimate of drug-likeness (QED) is 0.574. The van der Waals surface area contributed by atoms with Crippen molar-refractivity contribution in [1.29, 1.82) is 0 Å². The molecule has 0 spiro atoms. The van der Waals surface area contributed by atoms with Crippen LogP contribution >= 0.6 is 11.6 Å². The Bertz CT molecular complexity index is 1020. The van der Waals surface area contributed by atoms with Gasteiger partial charge in [0.15, 0.2) is 0 Å². The average molecular weight is 562 g/mol. The molecule has 3 aliphatic rings. The molecule has 0 unspecified atom stereocenters. The van der Waals surface area contributed by atoms with E-state index >= 15 is 0 Å². The van der Waals surface area contributed by atoms with Gasteiger partial charge in [-0.05, 0) is 43.7 Å². The number of carbonyl (C=O) groups is 3. The fourth-order valence-corrected chi connectivity index (χ4v) is 6.43. The summed E-state index contributed by atoms with van der Waals surface area (Å²) in [5.74, 6) is -0.378. The zero-order valence-electron chi connectivity index (χ0n) is 24.0. The lowest BCUT2D eigenvalue weighted by atomic mass is 9.87. The third-order valence-electron chi connectivity index (χ3n) is 8.22. The molecule has 4 heterocycles. The molecule has 3 fully saturated rings. The number of pyridine rings is 1. The lowest BCUT2D eigenvalue weighted by molar-refractivity contribution is -0.147. The van der Waals surface area contributed by atoms with Crippen molar-refractivity contribution in [3.63, 3.8) is 0 Å². The molecule has 0 bridgehead atoms. The molecule has 4 rings (SSSR count). The summed E-state index contributed by atoms with van der Waals surface area (Å²) >= 11 is 6.11. The van der Waals surface area contributed by atoms with E-state index in [4.69, 9.17) is 16.3 Å². The Labute approximate surface area is 237 Å². The van der Waals surface area contributed by atoms with Gasteiger partial charge < -0.3 is 19.9 Å². The normalized spacial score (nSPS) is 25.9. The van der Waals surface area contributed by atoms with Crippen LogP contribution in [0.15, 0.2) is 18.3 Å². The maximum Gasteiger partial charge on any atom is 0.245 e. The molecule has 3 aliphatic heterocycles. The molecule has 4 atom stereocenters. The fraction of sp³-hybridized carbons (Fsp3) is 0.724. The standard InChI is InChI=1S/C29H44ClN5O4/c1-19-16-33(10-11-35(19)28(38)26(32-20(2)36)14-29(3,4)5)27(37)24-18-34(22-8-12-39-13-9-22)17-23(24)25-7-6-21(30)15-31-25/h6-7,15,19,22-24,26H,8-14,16-18H2,1-5H3,(H,32,36)/t19-,23-,24-,26+/m1/s1. The number of hydrogen-bond donors (Lipinski definition) is 1. The fourth-order valence-electron chi connectivity index (χ4n) is 6.32. The smallest absolute Gasteiger partial charge is 0.245 e. The van der Waals surface area contributed by atoms with Gasteiger partial charge in [0.2, 0.25) is 17.7 Å². The SMILES string of the molecule is CC(=O)N[C@@H](CC(C)(C)C)C(=O)N1CCN(C(=O)[C@@H]2CN(C3CCOCC3)C[C@H]2c2ccc(Cl)cn2)C[C@H]1C. The minimum absolute atomic E-state index is 0.0106. The topological polar surface area (TPSA) is 95.1 Å². The Hall–Kier alpha value is -2.23. The number of carbonyl (C=O) groups excluding carboxylic acids is 3. The van der Waals surface area contributed by atoms with Crippen LogP contribution in [0.25, 0.3) is 0 Å². The van der Waals surface area contributed by atoms with E-state index in [-0.39, 0.29) is 41.0 Å². The highest BCUT2D eigenvalue weighted by molar-refractivity contribution is 6.30. The predicted molar refractivity (Wildman–Crippen MR) is 150 cm³/mol. The van der Waals surface area contributed by atoms with Crippen molar-refractivity contribution < 1.29 is 19.1 Å². The maximum absolute atomic E-state index is 14.0. The van der Waals surface area contributed by atoms with E-state index in [0.717, 1.165) is 38.3 Å². The third-order valence-corrected chi connectivity index (χ3v) is 8.44. The van der Waals surface area contributed by atoms with E-state index in [1.54, 1.807) is 6.20 Å². The molecule has 9 nitrogen and oxygen atoms in total. The molecule has 3 amide bonds. The second-order valence-corrected chi connectivity index (χ2v) is 13.0. The van der Waals surface area contributed by atoms with Crippen LogP contribution in [0.1, 0.15) is 65.5 Å². The number of halogens is 1. The van der Waals surface area contributed by atoms with Gasteiger partial charge in [0.25, 0.3) is 0 Å². The van der Waals surface area contributed by atoms with Crippen LogP contribution in [0, 0.1) is 11.3 Å². The summed E-state index contributed by atoms with van der Waals surface area (Å²) in [6, 6.07) is 3.48. The summed E-state index contributed by atoms with van der Waals surface area (Å²) < 4.78 is 5.57. The highest BCUT2D eigenvalue weighted by atomic mass is 35.5. The van der Waals surface area contributed by atoms with E-state index in [2.05, 4.69) is 36.0 Å². The van der Waals surface area contributed by atoms with E-state index in [1.165, 1.54) is 6.92 Å². The lowest BCUT2D eigenvalue weighted by Gasteiger charge is -2.43. The maximum atomic E-state index is 14.0. The van der Waals surface area contributed by atoms with Crippen LogP contribution < -0.4 is 5.32 Å². The first-order valence-corrected chi connectivity index (χ1v) is 14.6. The molecule has 3 saturated heterocycles. The second-order valence-electron chi connectivity index (χ2n) is 12.6. The van der Waals surface area contributed by atoms with E-state index in [0.29, 0.717) is 43.7 Å². The molecule has 216 valence electrons. The van der Waals surface area contributed by atoms with Gasteiger partial charge in [0.05, 0.1) is 10.9 Å². The van der Waals surface area contributed by atoms with Crippen molar-refractivity contribution in [2.45, 2.75) is 77.9 Å². The second kappa shape index (κ2) is 12.5. The molecule has 0 radical (unpaired) electrons. The van der Waals surface area contributed by atoms with Crippen LogP contribution in [-0.4, -0.2) is 101 Å². The van der Waals surface area contributed by atoms with Crippen molar-refractivity contribution in [3.8, 4) is 0 Å². The number of likely N-dealkylation sites (tertiary alicyclic amines) is 1. The molecule has 0 aliphatic carbocycles. The molecular weight excluding hydrogens is 518 g/mol. The van der Waals surface area contributed by atoms with Crippen molar-refractivity contribution in [2.24, 2.45) is 11.3 Å². The number of ether oxygens (including phenoxy) is 1. The van der Waals surface area contributed by atoms with Gasteiger partial charge >= 0.3 is 0 Å². The molecule has 0 saturated carbocycles. The zero-order chi connectivity index (χ0) is 28.3. The Kier molecular flexibility index (Phi) is 9.55. The molecule has 10 heteroatoms. The zero-order valence-corrected chi connectivity index (χ0v) is 24.7. The number of nitrogens with one attached hydrogen (secondary N) is 1. The molecule has 39 heavy (non-hydrogen) atoms. The first-order valence-electron chi connectivity index (χ1n) is 14.2. The number of piperazine rings is 1. The van der Waals surface area contributed by atoms with Crippen LogP contribution in [-0.2, 0) is 19.1 Å². The van der Waals surface area contributed by atoms with Crippen molar-refractivity contribution >= 4 is 29.3 Å². The summed E-state index contributed by atoms with van der Waals surface area (Å²) in [5, 5.41) is 3.44. The summed E-state index contributed by atoms with van der Waals surface area (Å²) in [5.41, 5.74) is 0.780. The van der Waals surface area contributed by atoms with Gasteiger partial charge in [0, 0.05) is 82.8 Å². The summed E-state index contributed by atoms with van der Waals surface area (Å²) in [7, 11) is 0. The summed E-state index contributed by atoms with van der Waals surface area (Å²) in [6.07, 6.45) is 4.16. The predicted octanol–water partition coefficient (Wildman–Crippen LogP) is 2.93. The van der Waals surface area contributed by atoms with Crippen molar-refractivity contribution in [1.82, 2.24) is 25.0 Å². The lowest BCUT2D eigenvalue weighted by Crippen LogP contribution is -2.60. The highest BCUT2D eigenvalue weighted by Gasteiger charge is 2.45. The summed E-state index contributed by atoms with van der Waals surface area (Å²) in [6.45, 7) is 14.0. The Balaban J connectivity index is 1.46. The minimum Gasteiger partial charge on any atom is -0.381 e. The van der Waals surface area contributed by atoms with E-state index in [1.807, 2.05) is 28.9 Å². The monoisotopic (exact) mass is 561 g/mol. The van der Waals surface area contributed by atoms with Gasteiger partial charge in [-0.25, -0.2) is 0 Å². The highest BCUT2D eigenvalue weighted by Crippen LogP contribution is 2.36. The average Bonchev–Trinajstić information content (AvgIpc) is 3.33. The van der Waals surface area contributed by atoms with Crippen LogP contribution in [0.5, 0.6) is 0 Å². The van der Waals surface area contributed by atoms with Crippen LogP contribution in [0.2, 0.25) is 5.02 Å². The van der Waals surface area contributed by atoms with Gasteiger partial charge in [-0.3, -0.25) is 24.3 Å². The minimum atomic E-state index is -0.574. The van der Waals surface area contributed by atoms with E-state index < -0.39 is 6.04 Å². The molecule has 1 aromatic rings. The molecule has 1 N–H and O–H groups in total. The Morgan fingerprint density at radius 3 is 2.44 bits per heavy atom. The molecular formula is C29H44ClN5O4. The number of amides is 3. The van der Waals surface area contributed by atoms with E-state index in [9.17, 15) is 14.4 Å². The number of aromatic nitrogens is 1. The first kappa shape index (κ1) is 29.7. The van der Waals surface area contributed by atoms with Gasteiger partial charge in [-0.1, -0.05) is 32.4 Å². The van der Waals surface area contributed by atoms with Gasteiger partial charge in [-0.2, -0.15) is 0 Å². The van der Waals surface area contributed by atoms with Crippen LogP contribution in [0.4, 0.5) is 0 Å². The first-order chi connectivity index (χ1) is 18.4. The number of rotatable bonds is 6. The largest absolute Gasteiger partial charge is 0.381 e. The molecule has 1 aromatic heterocycles. The van der Waals surface area contributed by atoms with Crippen LogP contribution in [0.3, 0.4) is 0 Å². The molecule has 0 aromatic carbocycles. The van der Waals surface area contributed by atoms with Crippen molar-refractivity contribution in [2.75, 3.05) is 45.9 Å². The van der Waals surface area contributed by atoms with Gasteiger partial charge in [-0.15, -0.1) is 0 Å². The van der Waals surface area contributed by atoms with Crippen molar-refractivity contribution in [3.05, 3.63) is 29.0 Å². The Morgan fingerprint density at radius 1 is 1.13 bits per heavy atom. The number of nitrogens with zero attached hydrogens (tertiary/aromatic N) is 4. The third kappa shape index (κ3) is 7.50. The van der Waals surface area contributed by atoms with Gasteiger partial charge in [0.1, 0.15) is 6.04 Å².